The third-order valence-corrected chi connectivity index (χ3v) is 10.4. The van der Waals surface area contributed by atoms with Crippen molar-refractivity contribution in [2.24, 2.45) is 0 Å². The molecule has 6 aromatic rings. The van der Waals surface area contributed by atoms with Gasteiger partial charge in [0.2, 0.25) is 11.4 Å². The van der Waals surface area contributed by atoms with Crippen LogP contribution in [0.25, 0.3) is 55.2 Å². The number of hydrogen-bond donors (Lipinski definition) is 2. The van der Waals surface area contributed by atoms with Crippen molar-refractivity contribution in [3.05, 3.63) is 115 Å². The van der Waals surface area contributed by atoms with Crippen molar-refractivity contribution in [2.45, 2.75) is 103 Å². The van der Waals surface area contributed by atoms with E-state index in [1.807, 2.05) is 24.3 Å². The minimum Gasteiger partial charge on any atom is -0.399 e. The average Bonchev–Trinajstić information content (AvgIpc) is 3.14. The van der Waals surface area contributed by atoms with Gasteiger partial charge in [-0.1, -0.05) is 133 Å². The summed E-state index contributed by atoms with van der Waals surface area (Å²) in [5, 5.41) is 5.04. The quantitative estimate of drug-likeness (QED) is 0.0416. The molecule has 50 heavy (non-hydrogen) atoms. The normalized spacial score (nSPS) is 11.5. The summed E-state index contributed by atoms with van der Waals surface area (Å²) >= 11 is 0. The van der Waals surface area contributed by atoms with Crippen molar-refractivity contribution >= 4 is 32.9 Å². The van der Waals surface area contributed by atoms with Crippen molar-refractivity contribution in [3.63, 3.8) is 0 Å². The molecule has 0 bridgehead atoms. The van der Waals surface area contributed by atoms with Gasteiger partial charge in [0.05, 0.1) is 0 Å². The van der Waals surface area contributed by atoms with Crippen LogP contribution < -0.4 is 16.0 Å². The van der Waals surface area contributed by atoms with Crippen molar-refractivity contribution in [3.8, 4) is 33.6 Å². The van der Waals surface area contributed by atoms with Crippen LogP contribution in [0.3, 0.4) is 0 Å². The van der Waals surface area contributed by atoms with Crippen LogP contribution in [0.2, 0.25) is 0 Å². The Morgan fingerprint density at radius 3 is 1.26 bits per heavy atom. The second-order valence-corrected chi connectivity index (χ2v) is 14.2. The Morgan fingerprint density at radius 2 is 0.820 bits per heavy atom. The highest BCUT2D eigenvalue weighted by atomic mass is 15.0. The van der Waals surface area contributed by atoms with E-state index in [1.165, 1.54) is 139 Å². The summed E-state index contributed by atoms with van der Waals surface area (Å²) in [6.07, 6.45) is 19.0. The molecule has 1 heterocycles. The average molecular weight is 663 g/mol. The number of hydrogen-bond acceptors (Lipinski definition) is 2. The smallest absolute Gasteiger partial charge is 0.213 e. The number of nitrogens with two attached hydrogens (primary N) is 2. The molecule has 1 aromatic heterocycles. The second-order valence-electron chi connectivity index (χ2n) is 14.2. The van der Waals surface area contributed by atoms with E-state index in [1.54, 1.807) is 0 Å². The van der Waals surface area contributed by atoms with Gasteiger partial charge in [-0.05, 0) is 93.7 Å². The molecule has 0 radical (unpaired) electrons. The third kappa shape index (κ3) is 8.93. The van der Waals surface area contributed by atoms with Crippen molar-refractivity contribution in [1.29, 1.82) is 0 Å². The van der Waals surface area contributed by atoms with Gasteiger partial charge in [-0.2, -0.15) is 4.57 Å². The predicted octanol–water partition coefficient (Wildman–Crippen LogP) is 12.9. The van der Waals surface area contributed by atoms with E-state index >= 15 is 0 Å². The maximum Gasteiger partial charge on any atom is 0.213 e. The van der Waals surface area contributed by atoms with Crippen molar-refractivity contribution in [2.75, 3.05) is 11.5 Å². The first-order chi connectivity index (χ1) is 24.6. The van der Waals surface area contributed by atoms with E-state index in [0.717, 1.165) is 24.3 Å². The van der Waals surface area contributed by atoms with Crippen LogP contribution in [0.5, 0.6) is 0 Å². The van der Waals surface area contributed by atoms with Crippen LogP contribution in [0, 0.1) is 0 Å². The molecule has 258 valence electrons. The van der Waals surface area contributed by atoms with Crippen LogP contribution in [-0.2, 0) is 6.54 Å². The Balaban J connectivity index is 1.28. The first-order valence-corrected chi connectivity index (χ1v) is 19.3. The number of anilines is 2. The zero-order valence-corrected chi connectivity index (χ0v) is 30.2. The summed E-state index contributed by atoms with van der Waals surface area (Å²) in [6.45, 7) is 3.25. The summed E-state index contributed by atoms with van der Waals surface area (Å²) in [4.78, 5) is 0. The highest BCUT2D eigenvalue weighted by molar-refractivity contribution is 6.13. The van der Waals surface area contributed by atoms with Gasteiger partial charge in [-0.25, -0.2) is 0 Å². The largest absolute Gasteiger partial charge is 0.399 e. The summed E-state index contributed by atoms with van der Waals surface area (Å²) < 4.78 is 2.54. The fourth-order valence-corrected chi connectivity index (χ4v) is 7.58. The van der Waals surface area contributed by atoms with Gasteiger partial charge < -0.3 is 11.5 Å². The van der Waals surface area contributed by atoms with E-state index in [0.29, 0.717) is 0 Å². The number of rotatable bonds is 18. The molecule has 0 amide bonds. The van der Waals surface area contributed by atoms with Crippen molar-refractivity contribution < 1.29 is 4.57 Å². The van der Waals surface area contributed by atoms with Crippen LogP contribution in [-0.4, -0.2) is 0 Å². The standard InChI is InChI=1S/C47H55N3/c1-2-3-4-5-6-7-8-9-10-11-12-13-14-19-32-50-45(36-24-28-41(48)29-25-36)34-40(35-46(50)37-26-30-42(49)31-27-37)47-43-22-17-15-20-38(43)33-39-21-16-18-23-44(39)47/h15-18,20-31,33-35H,2-14,19,32H2,1H3,(H3,48,49)/p+1. The fourth-order valence-electron chi connectivity index (χ4n) is 7.58. The lowest BCUT2D eigenvalue weighted by Crippen LogP contribution is -2.39. The van der Waals surface area contributed by atoms with E-state index < -0.39 is 0 Å². The Morgan fingerprint density at radius 1 is 0.420 bits per heavy atom. The molecule has 0 aliphatic rings. The SMILES string of the molecule is CCCCCCCCCCCCCCCC[n+]1c(-c2ccc(N)cc2)cc(-c2c3ccccc3cc3ccccc23)cc1-c1ccc(N)cc1. The maximum absolute atomic E-state index is 6.20. The molecule has 0 aliphatic carbocycles. The number of aromatic nitrogens is 1. The molecule has 0 saturated heterocycles. The zero-order chi connectivity index (χ0) is 34.5. The number of benzene rings is 5. The Bertz CT molecular complexity index is 1840. The molecule has 4 N–H and O–H groups in total. The molecule has 6 rings (SSSR count). The maximum atomic E-state index is 6.20. The molecule has 3 nitrogen and oxygen atoms in total. The first kappa shape index (κ1) is 35.2. The fraction of sp³-hybridized carbons (Fsp3) is 0.340. The van der Waals surface area contributed by atoms with Crippen LogP contribution >= 0.6 is 0 Å². The third-order valence-electron chi connectivity index (χ3n) is 10.4. The Hall–Kier alpha value is -4.63. The monoisotopic (exact) mass is 662 g/mol. The van der Waals surface area contributed by atoms with Gasteiger partial charge in [-0.15, -0.1) is 0 Å². The van der Waals surface area contributed by atoms with Crippen LogP contribution in [0.4, 0.5) is 11.4 Å². The molecular formula is C47H56N3+. The molecular weight excluding hydrogens is 607 g/mol. The van der Waals surface area contributed by atoms with Gasteiger partial charge in [0.15, 0.2) is 0 Å². The summed E-state index contributed by atoms with van der Waals surface area (Å²) in [5.74, 6) is 0. The molecule has 0 fully saturated rings. The van der Waals surface area contributed by atoms with Gasteiger partial charge in [0, 0.05) is 41.1 Å². The molecule has 0 unspecified atom stereocenters. The molecule has 0 atom stereocenters. The highest BCUT2D eigenvalue weighted by Crippen LogP contribution is 2.39. The van der Waals surface area contributed by atoms with Crippen molar-refractivity contribution in [1.82, 2.24) is 0 Å². The predicted molar refractivity (Wildman–Crippen MR) is 217 cm³/mol. The lowest BCUT2D eigenvalue weighted by atomic mass is 9.90. The van der Waals surface area contributed by atoms with E-state index in [-0.39, 0.29) is 0 Å². The van der Waals surface area contributed by atoms with Gasteiger partial charge in [0.25, 0.3) is 0 Å². The summed E-state index contributed by atoms with van der Waals surface area (Å²) in [5.41, 5.74) is 21.2. The Labute approximate surface area is 300 Å². The number of fused-ring (bicyclic) bond motifs is 2. The molecule has 3 heteroatoms. The van der Waals surface area contributed by atoms with Gasteiger partial charge in [0.1, 0.15) is 6.54 Å². The Kier molecular flexibility index (Phi) is 12.6. The molecule has 0 aliphatic heterocycles. The zero-order valence-electron chi connectivity index (χ0n) is 30.2. The topological polar surface area (TPSA) is 55.9 Å². The molecule has 0 spiro atoms. The lowest BCUT2D eigenvalue weighted by Gasteiger charge is -2.16. The van der Waals surface area contributed by atoms with E-state index in [9.17, 15) is 0 Å². The molecule has 5 aromatic carbocycles. The van der Waals surface area contributed by atoms with E-state index in [2.05, 4.69) is 102 Å². The number of nitrogens with zero attached hydrogens (tertiary/aromatic N) is 1. The lowest BCUT2D eigenvalue weighted by molar-refractivity contribution is -0.675. The van der Waals surface area contributed by atoms with Crippen LogP contribution in [0.15, 0.2) is 115 Å². The van der Waals surface area contributed by atoms with E-state index in [4.69, 9.17) is 11.5 Å². The number of pyridine rings is 1. The number of unbranched alkanes of at least 4 members (excludes halogenated alkanes) is 13. The second kappa shape index (κ2) is 17.9. The molecule has 0 saturated carbocycles. The van der Waals surface area contributed by atoms with Gasteiger partial charge in [-0.3, -0.25) is 0 Å². The number of nitrogen functional groups attached to an aromatic ring is 2. The first-order valence-electron chi connectivity index (χ1n) is 19.3. The minimum absolute atomic E-state index is 0.780. The van der Waals surface area contributed by atoms with Gasteiger partial charge >= 0.3 is 0 Å². The van der Waals surface area contributed by atoms with Crippen LogP contribution in [0.1, 0.15) is 96.8 Å². The minimum atomic E-state index is 0.780. The summed E-state index contributed by atoms with van der Waals surface area (Å²) in [7, 11) is 0. The highest BCUT2D eigenvalue weighted by Gasteiger charge is 2.24. The summed E-state index contributed by atoms with van der Waals surface area (Å²) in [6, 6.07) is 41.5.